The van der Waals surface area contributed by atoms with Crippen LogP contribution in [0.25, 0.3) is 0 Å². The molecule has 1 aliphatic heterocycles. The van der Waals surface area contributed by atoms with Gasteiger partial charge in [-0.1, -0.05) is 59.2 Å². The monoisotopic (exact) mass is 341 g/mol. The minimum absolute atomic E-state index is 0.0443. The molecule has 9 heteroatoms. The molecular weight excluding hydrogens is 336 g/mol. The number of carbonyl (C=O) groups excluding carboxylic acids is 1. The lowest BCUT2D eigenvalue weighted by Crippen LogP contribution is -2.45. The molecular formula is C10H7Cl3FN3OS. The molecule has 1 unspecified atom stereocenters. The molecule has 0 saturated carbocycles. The van der Waals surface area contributed by atoms with Crippen molar-refractivity contribution in [3.05, 3.63) is 30.1 Å². The SMILES string of the molecule is O=C1N(c2ccccc2F)C(C=S)NN1C(Cl)(Cl)Cl. The number of rotatable bonds is 2. The summed E-state index contributed by atoms with van der Waals surface area (Å²) in [6.07, 6.45) is -0.782. The van der Waals surface area contributed by atoms with Crippen molar-refractivity contribution in [1.29, 1.82) is 0 Å². The summed E-state index contributed by atoms with van der Waals surface area (Å²) in [6, 6.07) is 5.04. The number of hydrogen-bond donors (Lipinski definition) is 1. The summed E-state index contributed by atoms with van der Waals surface area (Å²) in [5.41, 5.74) is 2.64. The standard InChI is InChI=1S/C10H7Cl3FN3OS/c11-10(12,13)17-9(18)16(8(5-19)15-17)7-4-2-1-3-6(7)14/h1-5,8,15H. The van der Waals surface area contributed by atoms with E-state index in [4.69, 9.17) is 47.0 Å². The van der Waals surface area contributed by atoms with E-state index >= 15 is 0 Å². The normalized spacial score (nSPS) is 20.0. The first-order chi connectivity index (χ1) is 8.86. The Balaban J connectivity index is 2.42. The van der Waals surface area contributed by atoms with Crippen LogP contribution in [0.3, 0.4) is 0 Å². The van der Waals surface area contributed by atoms with Crippen molar-refractivity contribution < 1.29 is 9.18 Å². The number of halogens is 4. The molecule has 1 aromatic carbocycles. The molecule has 0 aliphatic carbocycles. The number of thiocarbonyl (C=S) groups is 1. The third kappa shape index (κ3) is 2.78. The minimum atomic E-state index is -2.01. The number of hydrazine groups is 1. The first-order valence-corrected chi connectivity index (χ1v) is 6.63. The van der Waals surface area contributed by atoms with Gasteiger partial charge in [0.1, 0.15) is 12.0 Å². The van der Waals surface area contributed by atoms with E-state index in [1.54, 1.807) is 6.07 Å². The maximum absolute atomic E-state index is 13.8. The Labute approximate surface area is 129 Å². The molecule has 1 aromatic rings. The molecule has 2 rings (SSSR count). The number of carbonyl (C=O) groups is 1. The smallest absolute Gasteiger partial charge is 0.268 e. The van der Waals surface area contributed by atoms with Crippen LogP contribution in [0.4, 0.5) is 14.9 Å². The van der Waals surface area contributed by atoms with Crippen LogP contribution in [0.15, 0.2) is 24.3 Å². The highest BCUT2D eigenvalue weighted by Gasteiger charge is 2.46. The van der Waals surface area contributed by atoms with Crippen molar-refractivity contribution in [2.75, 3.05) is 4.90 Å². The molecule has 0 radical (unpaired) electrons. The molecule has 4 nitrogen and oxygen atoms in total. The predicted octanol–water partition coefficient (Wildman–Crippen LogP) is 3.23. The van der Waals surface area contributed by atoms with Crippen LogP contribution in [0, 0.1) is 5.82 Å². The van der Waals surface area contributed by atoms with E-state index in [1.165, 1.54) is 23.6 Å². The van der Waals surface area contributed by atoms with Gasteiger partial charge < -0.3 is 0 Å². The van der Waals surface area contributed by atoms with E-state index < -0.39 is 21.9 Å². The molecule has 1 aliphatic rings. The van der Waals surface area contributed by atoms with Crippen LogP contribution < -0.4 is 10.3 Å². The summed E-state index contributed by atoms with van der Waals surface area (Å²) in [7, 11) is 0. The number of alkyl halides is 3. The molecule has 0 bridgehead atoms. The largest absolute Gasteiger partial charge is 0.344 e. The minimum Gasteiger partial charge on any atom is -0.268 e. The van der Waals surface area contributed by atoms with Gasteiger partial charge >= 0.3 is 6.03 Å². The Hall–Kier alpha value is -0.660. The first-order valence-electron chi connectivity index (χ1n) is 5.02. The molecule has 0 spiro atoms. The van der Waals surface area contributed by atoms with Gasteiger partial charge in [-0.05, 0) is 12.1 Å². The summed E-state index contributed by atoms with van der Waals surface area (Å²) < 4.78 is 11.8. The molecule has 1 N–H and O–H groups in total. The maximum atomic E-state index is 13.8. The van der Waals surface area contributed by atoms with Crippen LogP contribution in [0.5, 0.6) is 0 Å². The number of para-hydroxylation sites is 1. The number of benzene rings is 1. The van der Waals surface area contributed by atoms with Gasteiger partial charge in [0.05, 0.1) is 5.69 Å². The highest BCUT2D eigenvalue weighted by atomic mass is 35.6. The van der Waals surface area contributed by atoms with Gasteiger partial charge in [-0.25, -0.2) is 14.2 Å². The van der Waals surface area contributed by atoms with Crippen molar-refractivity contribution in [2.24, 2.45) is 0 Å². The van der Waals surface area contributed by atoms with Crippen LogP contribution in [0.2, 0.25) is 0 Å². The number of urea groups is 1. The number of amides is 2. The third-order valence-electron chi connectivity index (χ3n) is 2.43. The van der Waals surface area contributed by atoms with Gasteiger partial charge in [0.2, 0.25) is 0 Å². The Kier molecular flexibility index (Phi) is 4.17. The van der Waals surface area contributed by atoms with Crippen LogP contribution in [-0.4, -0.2) is 26.5 Å². The van der Waals surface area contributed by atoms with Crippen LogP contribution in [-0.2, 0) is 0 Å². The van der Waals surface area contributed by atoms with E-state index in [9.17, 15) is 9.18 Å². The van der Waals surface area contributed by atoms with Crippen molar-refractivity contribution in [3.63, 3.8) is 0 Å². The summed E-state index contributed by atoms with van der Waals surface area (Å²) in [4.78, 5) is 13.3. The third-order valence-corrected chi connectivity index (χ3v) is 3.20. The zero-order valence-electron chi connectivity index (χ0n) is 9.19. The summed E-state index contributed by atoms with van der Waals surface area (Å²) >= 11 is 21.8. The lowest BCUT2D eigenvalue weighted by molar-refractivity contribution is 0.201. The van der Waals surface area contributed by atoms with Gasteiger partial charge in [0, 0.05) is 5.37 Å². The number of hydrogen-bond acceptors (Lipinski definition) is 3. The summed E-state index contributed by atoms with van der Waals surface area (Å²) in [5, 5.41) is 2.00. The first kappa shape index (κ1) is 14.7. The highest BCUT2D eigenvalue weighted by Crippen LogP contribution is 2.35. The van der Waals surface area contributed by atoms with Gasteiger partial charge in [-0.2, -0.15) is 5.43 Å². The van der Waals surface area contributed by atoms with Crippen LogP contribution in [0.1, 0.15) is 0 Å². The molecule has 1 saturated heterocycles. The highest BCUT2D eigenvalue weighted by molar-refractivity contribution is 7.79. The van der Waals surface area contributed by atoms with Gasteiger partial charge in [-0.15, -0.1) is 0 Å². The van der Waals surface area contributed by atoms with E-state index in [0.717, 1.165) is 9.91 Å². The maximum Gasteiger partial charge on any atom is 0.344 e. The van der Waals surface area contributed by atoms with Crippen LogP contribution >= 0.6 is 47.0 Å². The Morgan fingerprint density at radius 2 is 2.00 bits per heavy atom. The van der Waals surface area contributed by atoms with Crippen molar-refractivity contribution >= 4 is 64.1 Å². The van der Waals surface area contributed by atoms with Gasteiger partial charge in [0.25, 0.3) is 3.92 Å². The van der Waals surface area contributed by atoms with Crippen molar-refractivity contribution in [1.82, 2.24) is 10.4 Å². The van der Waals surface area contributed by atoms with Crippen molar-refractivity contribution in [3.8, 4) is 0 Å². The topological polar surface area (TPSA) is 35.6 Å². The lowest BCUT2D eigenvalue weighted by atomic mass is 10.2. The number of nitrogens with zero attached hydrogens (tertiary/aromatic N) is 2. The summed E-state index contributed by atoms with van der Waals surface area (Å²) in [6.45, 7) is 0. The van der Waals surface area contributed by atoms with E-state index in [1.807, 2.05) is 0 Å². The van der Waals surface area contributed by atoms with Gasteiger partial charge in [-0.3, -0.25) is 4.90 Å². The molecule has 1 heterocycles. The van der Waals surface area contributed by atoms with E-state index in [2.05, 4.69) is 5.43 Å². The average Bonchev–Trinajstić information content (AvgIpc) is 2.67. The molecule has 1 fully saturated rings. The molecule has 1 atom stereocenters. The fourth-order valence-corrected chi connectivity index (χ4v) is 2.19. The Morgan fingerprint density at radius 3 is 2.53 bits per heavy atom. The second-order valence-electron chi connectivity index (χ2n) is 3.62. The van der Waals surface area contributed by atoms with Gasteiger partial charge in [0.15, 0.2) is 0 Å². The van der Waals surface area contributed by atoms with Crippen molar-refractivity contribution in [2.45, 2.75) is 10.1 Å². The Bertz CT molecular complexity index is 525. The average molecular weight is 343 g/mol. The molecule has 2 amide bonds. The second-order valence-corrected chi connectivity index (χ2v) is 6.11. The quantitative estimate of drug-likeness (QED) is 0.509. The molecule has 19 heavy (non-hydrogen) atoms. The zero-order chi connectivity index (χ0) is 14.2. The van der Waals surface area contributed by atoms with E-state index in [-0.39, 0.29) is 5.69 Å². The number of anilines is 1. The number of nitrogens with one attached hydrogen (secondary N) is 1. The molecule has 0 aromatic heterocycles. The van der Waals surface area contributed by atoms with E-state index in [0.29, 0.717) is 0 Å². The Morgan fingerprint density at radius 1 is 1.37 bits per heavy atom. The molecule has 102 valence electrons. The zero-order valence-corrected chi connectivity index (χ0v) is 12.3. The lowest BCUT2D eigenvalue weighted by Gasteiger charge is -2.23. The summed E-state index contributed by atoms with van der Waals surface area (Å²) in [5.74, 6) is -0.578. The fourth-order valence-electron chi connectivity index (χ4n) is 1.64. The predicted molar refractivity (Wildman–Crippen MR) is 77.0 cm³/mol. The second kappa shape index (κ2) is 5.38. The fraction of sp³-hybridized carbons (Fsp3) is 0.200.